The molecule has 78 valence electrons. The maximum absolute atomic E-state index is 11.9. The number of sulfone groups is 1. The second kappa shape index (κ2) is 3.54. The zero-order valence-corrected chi connectivity index (χ0v) is 8.96. The summed E-state index contributed by atoms with van der Waals surface area (Å²) in [6, 6.07) is 2.16. The van der Waals surface area contributed by atoms with Gasteiger partial charge in [-0.15, -0.1) is 0 Å². The Morgan fingerprint density at radius 2 is 1.79 bits per heavy atom. The standard InChI is InChI=1S/C10H15NO2S/c11-5-4-8-6-9-2-1-3-10(7-8)14(9,12)13/h8-10H,1-4,6-7H2. The van der Waals surface area contributed by atoms with E-state index in [1.807, 2.05) is 0 Å². The van der Waals surface area contributed by atoms with Crippen LogP contribution in [-0.2, 0) is 9.84 Å². The average molecular weight is 213 g/mol. The smallest absolute Gasteiger partial charge is 0.156 e. The molecule has 0 amide bonds. The molecule has 2 aliphatic rings. The van der Waals surface area contributed by atoms with E-state index in [1.54, 1.807) is 0 Å². The highest BCUT2D eigenvalue weighted by Gasteiger charge is 2.43. The highest BCUT2D eigenvalue weighted by atomic mass is 32.2. The van der Waals surface area contributed by atoms with Crippen LogP contribution in [0.5, 0.6) is 0 Å². The van der Waals surface area contributed by atoms with E-state index in [-0.39, 0.29) is 10.5 Å². The van der Waals surface area contributed by atoms with Crippen molar-refractivity contribution in [1.29, 1.82) is 5.26 Å². The first-order chi connectivity index (χ1) is 6.64. The van der Waals surface area contributed by atoms with Crippen molar-refractivity contribution >= 4 is 9.84 Å². The van der Waals surface area contributed by atoms with Gasteiger partial charge in [-0.2, -0.15) is 5.26 Å². The van der Waals surface area contributed by atoms with Gasteiger partial charge in [-0.3, -0.25) is 0 Å². The van der Waals surface area contributed by atoms with Crippen LogP contribution in [0.1, 0.15) is 38.5 Å². The van der Waals surface area contributed by atoms with Gasteiger partial charge in [0.25, 0.3) is 0 Å². The predicted molar refractivity (Wildman–Crippen MR) is 53.3 cm³/mol. The van der Waals surface area contributed by atoms with Gasteiger partial charge in [0.15, 0.2) is 9.84 Å². The molecule has 2 unspecified atom stereocenters. The average Bonchev–Trinajstić information content (AvgIpc) is 2.06. The molecule has 4 heteroatoms. The van der Waals surface area contributed by atoms with Crippen LogP contribution in [0.3, 0.4) is 0 Å². The van der Waals surface area contributed by atoms with Gasteiger partial charge in [0.2, 0.25) is 0 Å². The third kappa shape index (κ3) is 1.54. The SMILES string of the molecule is N#CCC1CC2CCCC(C1)S2(=O)=O. The topological polar surface area (TPSA) is 57.9 Å². The van der Waals surface area contributed by atoms with E-state index in [4.69, 9.17) is 5.26 Å². The molecule has 2 heterocycles. The number of rotatable bonds is 1. The van der Waals surface area contributed by atoms with Crippen LogP contribution in [0.2, 0.25) is 0 Å². The van der Waals surface area contributed by atoms with Gasteiger partial charge < -0.3 is 0 Å². The van der Waals surface area contributed by atoms with Crippen molar-refractivity contribution in [3.8, 4) is 6.07 Å². The molecule has 0 spiro atoms. The van der Waals surface area contributed by atoms with Crippen molar-refractivity contribution in [2.24, 2.45) is 5.92 Å². The highest BCUT2D eigenvalue weighted by molar-refractivity contribution is 7.92. The number of hydrogen-bond donors (Lipinski definition) is 0. The fraction of sp³-hybridized carbons (Fsp3) is 0.900. The van der Waals surface area contributed by atoms with Crippen LogP contribution in [-0.4, -0.2) is 18.9 Å². The van der Waals surface area contributed by atoms with Gasteiger partial charge in [0, 0.05) is 6.42 Å². The van der Waals surface area contributed by atoms with Crippen molar-refractivity contribution in [2.75, 3.05) is 0 Å². The molecule has 0 aromatic carbocycles. The monoisotopic (exact) mass is 213 g/mol. The lowest BCUT2D eigenvalue weighted by molar-refractivity contribution is 0.345. The van der Waals surface area contributed by atoms with Crippen LogP contribution in [0.25, 0.3) is 0 Å². The third-order valence-electron chi connectivity index (χ3n) is 3.55. The summed E-state index contributed by atoms with van der Waals surface area (Å²) in [7, 11) is -2.83. The summed E-state index contributed by atoms with van der Waals surface area (Å²) in [5.41, 5.74) is 0. The molecule has 0 N–H and O–H groups in total. The lowest BCUT2D eigenvalue weighted by atomic mass is 9.88. The fourth-order valence-electron chi connectivity index (χ4n) is 2.81. The summed E-state index contributed by atoms with van der Waals surface area (Å²) in [4.78, 5) is 0. The Balaban J connectivity index is 2.18. The van der Waals surface area contributed by atoms with Crippen molar-refractivity contribution in [1.82, 2.24) is 0 Å². The number of hydrogen-bond acceptors (Lipinski definition) is 3. The Morgan fingerprint density at radius 1 is 1.21 bits per heavy atom. The van der Waals surface area contributed by atoms with E-state index in [0.29, 0.717) is 12.3 Å². The summed E-state index contributed by atoms with van der Waals surface area (Å²) in [5, 5.41) is 8.35. The van der Waals surface area contributed by atoms with Crippen LogP contribution < -0.4 is 0 Å². The number of nitrogens with zero attached hydrogens (tertiary/aromatic N) is 1. The predicted octanol–water partition coefficient (Wildman–Crippen LogP) is 1.65. The van der Waals surface area contributed by atoms with Crippen molar-refractivity contribution < 1.29 is 8.42 Å². The molecule has 2 rings (SSSR count). The molecule has 0 aromatic heterocycles. The first-order valence-corrected chi connectivity index (χ1v) is 6.85. The van der Waals surface area contributed by atoms with E-state index >= 15 is 0 Å². The molecule has 0 radical (unpaired) electrons. The van der Waals surface area contributed by atoms with Crippen molar-refractivity contribution in [2.45, 2.75) is 49.0 Å². The zero-order chi connectivity index (χ0) is 10.2. The van der Waals surface area contributed by atoms with Gasteiger partial charge in [-0.05, 0) is 31.6 Å². The maximum Gasteiger partial charge on any atom is 0.156 e. The van der Waals surface area contributed by atoms with E-state index in [2.05, 4.69) is 6.07 Å². The second-order valence-electron chi connectivity index (χ2n) is 4.46. The lowest BCUT2D eigenvalue weighted by Gasteiger charge is -2.37. The van der Waals surface area contributed by atoms with E-state index in [9.17, 15) is 8.42 Å². The minimum Gasteiger partial charge on any atom is -0.228 e. The molecule has 0 aromatic rings. The Hall–Kier alpha value is -0.560. The van der Waals surface area contributed by atoms with E-state index in [1.165, 1.54) is 0 Å². The second-order valence-corrected chi connectivity index (χ2v) is 6.97. The van der Waals surface area contributed by atoms with Crippen molar-refractivity contribution in [3.63, 3.8) is 0 Å². The Bertz CT molecular complexity index is 335. The first kappa shape index (κ1) is 9.97. The summed E-state index contributed by atoms with van der Waals surface area (Å²) >= 11 is 0. The van der Waals surface area contributed by atoms with Gasteiger partial charge >= 0.3 is 0 Å². The molecular formula is C10H15NO2S. The van der Waals surface area contributed by atoms with Gasteiger partial charge in [0.05, 0.1) is 16.6 Å². The van der Waals surface area contributed by atoms with Crippen molar-refractivity contribution in [3.05, 3.63) is 0 Å². The molecule has 2 atom stereocenters. The molecular weight excluding hydrogens is 198 g/mol. The van der Waals surface area contributed by atoms with Gasteiger partial charge in [0.1, 0.15) is 0 Å². The van der Waals surface area contributed by atoms with Crippen LogP contribution in [0.15, 0.2) is 0 Å². The number of fused-ring (bicyclic) bond motifs is 2. The summed E-state index contributed by atoms with van der Waals surface area (Å²) < 4.78 is 23.7. The molecule has 0 saturated carbocycles. The molecule has 0 aliphatic carbocycles. The minimum absolute atomic E-state index is 0.131. The fourth-order valence-corrected chi connectivity index (χ4v) is 5.43. The van der Waals surface area contributed by atoms with Crippen LogP contribution >= 0.6 is 0 Å². The molecule has 14 heavy (non-hydrogen) atoms. The Kier molecular flexibility index (Phi) is 2.52. The third-order valence-corrected chi connectivity index (χ3v) is 6.27. The molecule has 2 bridgehead atoms. The molecule has 2 aliphatic heterocycles. The summed E-state index contributed by atoms with van der Waals surface area (Å²) in [6.45, 7) is 0. The van der Waals surface area contributed by atoms with Gasteiger partial charge in [-0.1, -0.05) is 6.42 Å². The lowest BCUT2D eigenvalue weighted by Crippen LogP contribution is -2.43. The van der Waals surface area contributed by atoms with Crippen LogP contribution in [0, 0.1) is 17.2 Å². The largest absolute Gasteiger partial charge is 0.228 e. The van der Waals surface area contributed by atoms with Gasteiger partial charge in [-0.25, -0.2) is 8.42 Å². The zero-order valence-electron chi connectivity index (χ0n) is 8.15. The molecule has 2 fully saturated rings. The maximum atomic E-state index is 11.9. The van der Waals surface area contributed by atoms with E-state index < -0.39 is 9.84 Å². The minimum atomic E-state index is -2.83. The number of nitriles is 1. The Morgan fingerprint density at radius 3 is 2.29 bits per heavy atom. The molecule has 3 nitrogen and oxygen atoms in total. The normalized spacial score (nSPS) is 40.1. The summed E-state index contributed by atoms with van der Waals surface area (Å²) in [5.74, 6) is 0.332. The van der Waals surface area contributed by atoms with E-state index in [0.717, 1.165) is 32.1 Å². The first-order valence-electron chi connectivity index (χ1n) is 5.24. The van der Waals surface area contributed by atoms with Crippen LogP contribution in [0.4, 0.5) is 0 Å². The highest BCUT2D eigenvalue weighted by Crippen LogP contribution is 2.40. The Labute approximate surface area is 85.0 Å². The molecule has 2 saturated heterocycles. The quantitative estimate of drug-likeness (QED) is 0.665. The summed E-state index contributed by atoms with van der Waals surface area (Å²) in [6.07, 6.45) is 4.68.